The van der Waals surface area contributed by atoms with Crippen molar-refractivity contribution in [2.75, 3.05) is 5.75 Å². The molecule has 0 aliphatic heterocycles. The maximum absolute atomic E-state index is 11.7. The van der Waals surface area contributed by atoms with Crippen LogP contribution in [-0.2, 0) is 14.6 Å². The van der Waals surface area contributed by atoms with Crippen LogP contribution >= 0.6 is 0 Å². The summed E-state index contributed by atoms with van der Waals surface area (Å²) in [5, 5.41) is 0. The zero-order chi connectivity index (χ0) is 11.5. The Hall–Kier alpha value is -1.16. The zero-order valence-corrected chi connectivity index (χ0v) is 9.62. The molecule has 0 saturated carbocycles. The van der Waals surface area contributed by atoms with E-state index in [-0.39, 0.29) is 16.6 Å². The molecule has 0 bridgehead atoms. The molecule has 82 valence electrons. The first kappa shape index (κ1) is 11.9. The molecular weight excluding hydrogens is 212 g/mol. The smallest absolute Gasteiger partial charge is 0.185 e. The van der Waals surface area contributed by atoms with Crippen molar-refractivity contribution in [1.29, 1.82) is 0 Å². The number of Topliss-reactive ketones (excluding diaryl/α,β-unsaturated/α-hetero) is 1. The lowest BCUT2D eigenvalue weighted by atomic mass is 10.1. The van der Waals surface area contributed by atoms with Crippen LogP contribution in [0.2, 0.25) is 0 Å². The van der Waals surface area contributed by atoms with Crippen LogP contribution in [0, 0.1) is 5.92 Å². The monoisotopic (exact) mass is 226 g/mol. The van der Waals surface area contributed by atoms with Gasteiger partial charge in [0.05, 0.1) is 4.90 Å². The summed E-state index contributed by atoms with van der Waals surface area (Å²) in [4.78, 5) is 11.6. The lowest BCUT2D eigenvalue weighted by Gasteiger charge is -2.05. The summed E-state index contributed by atoms with van der Waals surface area (Å²) < 4.78 is 23.5. The van der Waals surface area contributed by atoms with Gasteiger partial charge in [-0.1, -0.05) is 32.0 Å². The minimum atomic E-state index is -3.45. The molecule has 0 heterocycles. The Morgan fingerprint density at radius 1 is 1.20 bits per heavy atom. The number of ketones is 1. The molecule has 0 radical (unpaired) electrons. The van der Waals surface area contributed by atoms with Gasteiger partial charge in [0.15, 0.2) is 15.6 Å². The highest BCUT2D eigenvalue weighted by molar-refractivity contribution is 7.92. The number of benzene rings is 1. The van der Waals surface area contributed by atoms with Gasteiger partial charge < -0.3 is 0 Å². The summed E-state index contributed by atoms with van der Waals surface area (Å²) in [5.41, 5.74) is 0. The molecule has 0 atom stereocenters. The summed E-state index contributed by atoms with van der Waals surface area (Å²) in [6.45, 7) is 3.39. The van der Waals surface area contributed by atoms with Crippen molar-refractivity contribution in [2.45, 2.75) is 18.7 Å². The Morgan fingerprint density at radius 3 is 2.20 bits per heavy atom. The summed E-state index contributed by atoms with van der Waals surface area (Å²) in [7, 11) is -3.45. The van der Waals surface area contributed by atoms with Gasteiger partial charge in [0.25, 0.3) is 0 Å². The molecule has 0 amide bonds. The van der Waals surface area contributed by atoms with Crippen LogP contribution in [0.3, 0.4) is 0 Å². The predicted octanol–water partition coefficient (Wildman–Crippen LogP) is 1.69. The van der Waals surface area contributed by atoms with Crippen molar-refractivity contribution in [1.82, 2.24) is 0 Å². The zero-order valence-electron chi connectivity index (χ0n) is 8.80. The van der Waals surface area contributed by atoms with Gasteiger partial charge >= 0.3 is 0 Å². The number of rotatable bonds is 4. The topological polar surface area (TPSA) is 51.2 Å². The van der Waals surface area contributed by atoms with Gasteiger partial charge in [-0.15, -0.1) is 0 Å². The summed E-state index contributed by atoms with van der Waals surface area (Å²) in [6, 6.07) is 8.04. The first-order valence-electron chi connectivity index (χ1n) is 4.74. The third kappa shape index (κ3) is 3.16. The first-order chi connectivity index (χ1) is 6.93. The van der Waals surface area contributed by atoms with Crippen molar-refractivity contribution in [3.05, 3.63) is 30.3 Å². The Balaban J connectivity index is 2.91. The Bertz CT molecular complexity index is 432. The average molecular weight is 226 g/mol. The predicted molar refractivity (Wildman–Crippen MR) is 58.3 cm³/mol. The molecule has 0 aliphatic carbocycles. The van der Waals surface area contributed by atoms with Crippen LogP contribution in [-0.4, -0.2) is 20.0 Å². The fourth-order valence-electron chi connectivity index (χ4n) is 1.07. The molecule has 0 N–H and O–H groups in total. The number of carbonyl (C=O) groups excluding carboxylic acids is 1. The number of hydrogen-bond acceptors (Lipinski definition) is 3. The van der Waals surface area contributed by atoms with Crippen molar-refractivity contribution in [2.24, 2.45) is 5.92 Å². The SMILES string of the molecule is CC(C)C(=O)CS(=O)(=O)c1ccccc1. The second-order valence-corrected chi connectivity index (χ2v) is 5.68. The third-order valence-corrected chi connectivity index (χ3v) is 3.73. The summed E-state index contributed by atoms with van der Waals surface area (Å²) in [5.74, 6) is -0.906. The first-order valence-corrected chi connectivity index (χ1v) is 6.39. The van der Waals surface area contributed by atoms with E-state index in [4.69, 9.17) is 0 Å². The summed E-state index contributed by atoms with van der Waals surface area (Å²) >= 11 is 0. The van der Waals surface area contributed by atoms with Crippen LogP contribution in [0.4, 0.5) is 0 Å². The van der Waals surface area contributed by atoms with Crippen LogP contribution in [0.1, 0.15) is 13.8 Å². The second kappa shape index (κ2) is 4.57. The third-order valence-electron chi connectivity index (χ3n) is 2.08. The van der Waals surface area contributed by atoms with E-state index in [0.29, 0.717) is 0 Å². The molecule has 1 rings (SSSR count). The number of sulfone groups is 1. The van der Waals surface area contributed by atoms with E-state index < -0.39 is 15.6 Å². The molecule has 0 aliphatic rings. The number of carbonyl (C=O) groups is 1. The van der Waals surface area contributed by atoms with Crippen LogP contribution < -0.4 is 0 Å². The Kier molecular flexibility index (Phi) is 3.63. The van der Waals surface area contributed by atoms with E-state index in [9.17, 15) is 13.2 Å². The second-order valence-electron chi connectivity index (χ2n) is 3.69. The maximum atomic E-state index is 11.7. The number of hydrogen-bond donors (Lipinski definition) is 0. The minimum absolute atomic E-state index is 0.207. The van der Waals surface area contributed by atoms with E-state index in [1.807, 2.05) is 0 Å². The van der Waals surface area contributed by atoms with E-state index in [0.717, 1.165) is 0 Å². The molecular formula is C11H14O3S. The van der Waals surface area contributed by atoms with Gasteiger partial charge in [-0.25, -0.2) is 8.42 Å². The molecule has 3 nitrogen and oxygen atoms in total. The molecule has 0 spiro atoms. The van der Waals surface area contributed by atoms with Gasteiger partial charge in [-0.3, -0.25) is 4.79 Å². The standard InChI is InChI=1S/C11H14O3S/c1-9(2)11(12)8-15(13,14)10-6-4-3-5-7-10/h3-7,9H,8H2,1-2H3. The summed E-state index contributed by atoms with van der Waals surface area (Å²) in [6.07, 6.45) is 0. The molecule has 1 aromatic carbocycles. The van der Waals surface area contributed by atoms with E-state index >= 15 is 0 Å². The minimum Gasteiger partial charge on any atom is -0.298 e. The highest BCUT2D eigenvalue weighted by Crippen LogP contribution is 2.11. The van der Waals surface area contributed by atoms with Crippen LogP contribution in [0.5, 0.6) is 0 Å². The Morgan fingerprint density at radius 2 is 1.73 bits per heavy atom. The molecule has 0 unspecified atom stereocenters. The molecule has 1 aromatic rings. The fraction of sp³-hybridized carbons (Fsp3) is 0.364. The highest BCUT2D eigenvalue weighted by atomic mass is 32.2. The van der Waals surface area contributed by atoms with Crippen molar-refractivity contribution in [3.63, 3.8) is 0 Å². The molecule has 4 heteroatoms. The van der Waals surface area contributed by atoms with Gasteiger partial charge in [0, 0.05) is 5.92 Å². The molecule has 0 aromatic heterocycles. The maximum Gasteiger partial charge on any atom is 0.185 e. The largest absolute Gasteiger partial charge is 0.298 e. The van der Waals surface area contributed by atoms with Crippen LogP contribution in [0.25, 0.3) is 0 Å². The van der Waals surface area contributed by atoms with Crippen LogP contribution in [0.15, 0.2) is 35.2 Å². The quantitative estimate of drug-likeness (QED) is 0.785. The van der Waals surface area contributed by atoms with Gasteiger partial charge in [0.2, 0.25) is 0 Å². The Labute approximate surface area is 90.0 Å². The van der Waals surface area contributed by atoms with Gasteiger partial charge in [0.1, 0.15) is 5.75 Å². The molecule has 0 saturated heterocycles. The highest BCUT2D eigenvalue weighted by Gasteiger charge is 2.20. The molecule has 0 fully saturated rings. The van der Waals surface area contributed by atoms with Crippen molar-refractivity contribution in [3.8, 4) is 0 Å². The lowest BCUT2D eigenvalue weighted by molar-refractivity contribution is -0.119. The fourth-order valence-corrected chi connectivity index (χ4v) is 2.51. The van der Waals surface area contributed by atoms with Crippen molar-refractivity contribution < 1.29 is 13.2 Å². The van der Waals surface area contributed by atoms with Crippen molar-refractivity contribution >= 4 is 15.6 Å². The van der Waals surface area contributed by atoms with E-state index in [1.165, 1.54) is 12.1 Å². The van der Waals surface area contributed by atoms with Gasteiger partial charge in [-0.2, -0.15) is 0 Å². The normalized spacial score (nSPS) is 11.7. The van der Waals surface area contributed by atoms with Gasteiger partial charge in [-0.05, 0) is 12.1 Å². The van der Waals surface area contributed by atoms with E-state index in [1.54, 1.807) is 32.0 Å². The average Bonchev–Trinajstić information content (AvgIpc) is 2.18. The molecule has 15 heavy (non-hydrogen) atoms. The van der Waals surface area contributed by atoms with E-state index in [2.05, 4.69) is 0 Å². The lowest BCUT2D eigenvalue weighted by Crippen LogP contribution is -2.20.